The molecule has 0 saturated carbocycles. The fourth-order valence-corrected chi connectivity index (χ4v) is 3.52. The molecule has 25 heavy (non-hydrogen) atoms. The molecule has 3 nitrogen and oxygen atoms in total. The molecule has 1 fully saturated rings. The molecular formula is C22H30N2O. The van der Waals surface area contributed by atoms with E-state index in [9.17, 15) is 5.11 Å². The van der Waals surface area contributed by atoms with Crippen LogP contribution in [0.3, 0.4) is 0 Å². The molecule has 0 spiro atoms. The molecule has 0 bridgehead atoms. The van der Waals surface area contributed by atoms with Crippen LogP contribution >= 0.6 is 0 Å². The van der Waals surface area contributed by atoms with Crippen LogP contribution in [0.25, 0.3) is 0 Å². The van der Waals surface area contributed by atoms with Crippen molar-refractivity contribution < 1.29 is 5.11 Å². The Bertz CT molecular complexity index is 657. The van der Waals surface area contributed by atoms with Crippen molar-refractivity contribution in [2.75, 3.05) is 18.0 Å². The van der Waals surface area contributed by atoms with Gasteiger partial charge in [-0.2, -0.15) is 0 Å². The van der Waals surface area contributed by atoms with Crippen molar-refractivity contribution in [3.05, 3.63) is 65.2 Å². The fourth-order valence-electron chi connectivity index (χ4n) is 3.52. The molecule has 3 heteroatoms. The Hall–Kier alpha value is -1.84. The average molecular weight is 338 g/mol. The summed E-state index contributed by atoms with van der Waals surface area (Å²) < 4.78 is 0. The summed E-state index contributed by atoms with van der Waals surface area (Å²) in [4.78, 5) is 2.36. The van der Waals surface area contributed by atoms with Crippen molar-refractivity contribution in [1.82, 2.24) is 5.32 Å². The minimum atomic E-state index is -0.122. The number of hydrogen-bond donors (Lipinski definition) is 2. The van der Waals surface area contributed by atoms with Crippen LogP contribution in [0.15, 0.2) is 48.5 Å². The summed E-state index contributed by atoms with van der Waals surface area (Å²) in [6.07, 6.45) is 1.62. The van der Waals surface area contributed by atoms with E-state index in [-0.39, 0.29) is 6.10 Å². The van der Waals surface area contributed by atoms with Crippen LogP contribution in [-0.4, -0.2) is 24.3 Å². The zero-order valence-corrected chi connectivity index (χ0v) is 15.6. The molecule has 1 aliphatic rings. The van der Waals surface area contributed by atoms with Crippen molar-refractivity contribution in [3.8, 4) is 0 Å². The number of hydrogen-bond acceptors (Lipinski definition) is 3. The maximum Gasteiger partial charge on any atom is 0.0574 e. The Morgan fingerprint density at radius 1 is 0.880 bits per heavy atom. The van der Waals surface area contributed by atoms with E-state index >= 15 is 0 Å². The first-order valence-corrected chi connectivity index (χ1v) is 9.38. The largest absolute Gasteiger partial charge is 0.393 e. The quantitative estimate of drug-likeness (QED) is 0.850. The molecule has 2 N–H and O–H groups in total. The molecule has 2 aromatic carbocycles. The van der Waals surface area contributed by atoms with E-state index < -0.39 is 0 Å². The number of nitrogens with one attached hydrogen (secondary N) is 1. The maximum absolute atomic E-state index is 9.65. The molecule has 2 aromatic rings. The Kier molecular flexibility index (Phi) is 5.77. The Balaban J connectivity index is 1.60. The van der Waals surface area contributed by atoms with Gasteiger partial charge in [-0.1, -0.05) is 42.0 Å². The number of aliphatic hydroxyl groups excluding tert-OH is 1. The van der Waals surface area contributed by atoms with Gasteiger partial charge in [0.1, 0.15) is 0 Å². The number of aliphatic hydroxyl groups is 1. The number of rotatable bonds is 5. The van der Waals surface area contributed by atoms with Crippen LogP contribution in [-0.2, 0) is 0 Å². The SMILES string of the molecule is Cc1ccc(C(C)NC(C)c2ccc(N3CCC(O)CC3)cc2)cc1. The van der Waals surface area contributed by atoms with E-state index in [4.69, 9.17) is 0 Å². The van der Waals surface area contributed by atoms with Crippen LogP contribution in [0.2, 0.25) is 0 Å². The van der Waals surface area contributed by atoms with E-state index in [1.54, 1.807) is 0 Å². The van der Waals surface area contributed by atoms with E-state index in [0.717, 1.165) is 25.9 Å². The van der Waals surface area contributed by atoms with E-state index in [1.807, 2.05) is 0 Å². The predicted octanol–water partition coefficient (Wildman–Crippen LogP) is 4.37. The molecular weight excluding hydrogens is 308 g/mol. The smallest absolute Gasteiger partial charge is 0.0574 e. The highest BCUT2D eigenvalue weighted by Gasteiger charge is 2.17. The highest BCUT2D eigenvalue weighted by molar-refractivity contribution is 5.48. The van der Waals surface area contributed by atoms with Crippen molar-refractivity contribution in [3.63, 3.8) is 0 Å². The van der Waals surface area contributed by atoms with Crippen LogP contribution in [0.1, 0.15) is 55.5 Å². The highest BCUT2D eigenvalue weighted by Crippen LogP contribution is 2.24. The molecule has 3 rings (SSSR count). The standard InChI is InChI=1S/C22H30N2O/c1-16-4-6-19(7-5-16)17(2)23-18(3)20-8-10-21(11-9-20)24-14-12-22(25)13-15-24/h4-11,17-18,22-23,25H,12-15H2,1-3H3. The summed E-state index contributed by atoms with van der Waals surface area (Å²) in [5, 5.41) is 13.3. The molecule has 1 aliphatic heterocycles. The lowest BCUT2D eigenvalue weighted by Gasteiger charge is -2.31. The van der Waals surface area contributed by atoms with Gasteiger partial charge in [-0.05, 0) is 56.9 Å². The average Bonchev–Trinajstić information content (AvgIpc) is 2.63. The summed E-state index contributed by atoms with van der Waals surface area (Å²) in [6.45, 7) is 8.44. The minimum absolute atomic E-state index is 0.122. The van der Waals surface area contributed by atoms with Crippen molar-refractivity contribution in [2.45, 2.75) is 51.8 Å². The van der Waals surface area contributed by atoms with E-state index in [0.29, 0.717) is 12.1 Å². The zero-order chi connectivity index (χ0) is 17.8. The molecule has 134 valence electrons. The molecule has 1 heterocycles. The Morgan fingerprint density at radius 3 is 1.88 bits per heavy atom. The summed E-state index contributed by atoms with van der Waals surface area (Å²) in [7, 11) is 0. The lowest BCUT2D eigenvalue weighted by atomic mass is 10.0. The lowest BCUT2D eigenvalue weighted by Crippen LogP contribution is -2.35. The van der Waals surface area contributed by atoms with Gasteiger partial charge in [-0.25, -0.2) is 0 Å². The number of piperidine rings is 1. The monoisotopic (exact) mass is 338 g/mol. The molecule has 0 aromatic heterocycles. The molecule has 2 unspecified atom stereocenters. The van der Waals surface area contributed by atoms with Crippen LogP contribution < -0.4 is 10.2 Å². The van der Waals surface area contributed by atoms with Gasteiger partial charge >= 0.3 is 0 Å². The van der Waals surface area contributed by atoms with Crippen molar-refractivity contribution >= 4 is 5.69 Å². The first-order chi connectivity index (χ1) is 12.0. The second-order valence-corrected chi connectivity index (χ2v) is 7.33. The minimum Gasteiger partial charge on any atom is -0.393 e. The third-order valence-electron chi connectivity index (χ3n) is 5.30. The van der Waals surface area contributed by atoms with Gasteiger partial charge in [0.05, 0.1) is 6.10 Å². The summed E-state index contributed by atoms with van der Waals surface area (Å²) in [5.41, 5.74) is 5.18. The highest BCUT2D eigenvalue weighted by atomic mass is 16.3. The van der Waals surface area contributed by atoms with E-state index in [2.05, 4.69) is 79.5 Å². The number of aryl methyl sites for hydroxylation is 1. The predicted molar refractivity (Wildman–Crippen MR) is 105 cm³/mol. The van der Waals surface area contributed by atoms with Crippen LogP contribution in [0, 0.1) is 6.92 Å². The van der Waals surface area contributed by atoms with Gasteiger partial charge in [-0.15, -0.1) is 0 Å². The Morgan fingerprint density at radius 2 is 1.36 bits per heavy atom. The van der Waals surface area contributed by atoms with Crippen LogP contribution in [0.4, 0.5) is 5.69 Å². The van der Waals surface area contributed by atoms with Gasteiger partial charge in [0, 0.05) is 30.9 Å². The third kappa shape index (κ3) is 4.62. The number of anilines is 1. The van der Waals surface area contributed by atoms with Crippen molar-refractivity contribution in [2.24, 2.45) is 0 Å². The lowest BCUT2D eigenvalue weighted by molar-refractivity contribution is 0.145. The van der Waals surface area contributed by atoms with Gasteiger partial charge < -0.3 is 15.3 Å². The van der Waals surface area contributed by atoms with Crippen LogP contribution in [0.5, 0.6) is 0 Å². The van der Waals surface area contributed by atoms with Crippen molar-refractivity contribution in [1.29, 1.82) is 0 Å². The normalized spacial score (nSPS) is 18.2. The first kappa shape index (κ1) is 18.0. The van der Waals surface area contributed by atoms with Gasteiger partial charge in [0.2, 0.25) is 0 Å². The molecule has 1 saturated heterocycles. The second kappa shape index (κ2) is 8.03. The fraction of sp³-hybridized carbons (Fsp3) is 0.455. The summed E-state index contributed by atoms with van der Waals surface area (Å²) in [5.74, 6) is 0. The third-order valence-corrected chi connectivity index (χ3v) is 5.30. The molecule has 0 amide bonds. The topological polar surface area (TPSA) is 35.5 Å². The maximum atomic E-state index is 9.65. The number of benzene rings is 2. The second-order valence-electron chi connectivity index (χ2n) is 7.33. The first-order valence-electron chi connectivity index (χ1n) is 9.38. The molecule has 2 atom stereocenters. The van der Waals surface area contributed by atoms with Gasteiger partial charge in [0.25, 0.3) is 0 Å². The summed E-state index contributed by atoms with van der Waals surface area (Å²) in [6, 6.07) is 18.2. The van der Waals surface area contributed by atoms with E-state index in [1.165, 1.54) is 22.4 Å². The number of nitrogens with zero attached hydrogens (tertiary/aromatic N) is 1. The Labute approximate surface area is 151 Å². The van der Waals surface area contributed by atoms with Gasteiger partial charge in [0.15, 0.2) is 0 Å². The zero-order valence-electron chi connectivity index (χ0n) is 15.6. The molecule has 0 radical (unpaired) electrons. The van der Waals surface area contributed by atoms with Gasteiger partial charge in [-0.3, -0.25) is 0 Å². The molecule has 0 aliphatic carbocycles. The summed E-state index contributed by atoms with van der Waals surface area (Å²) >= 11 is 0.